The molecule has 0 aliphatic heterocycles. The SMILES string of the molecule is CCS(=O)(=O)N(CCC(=O)O)c1ccc(Cl)cc1Cl. The molecule has 0 saturated heterocycles. The zero-order chi connectivity index (χ0) is 14.6. The summed E-state index contributed by atoms with van der Waals surface area (Å²) < 4.78 is 25.0. The van der Waals surface area contributed by atoms with Crippen LogP contribution in [0.2, 0.25) is 10.0 Å². The highest BCUT2D eigenvalue weighted by Gasteiger charge is 2.23. The number of hydrogen-bond acceptors (Lipinski definition) is 3. The van der Waals surface area contributed by atoms with Crippen LogP contribution in [-0.4, -0.2) is 31.8 Å². The molecule has 0 aliphatic rings. The van der Waals surface area contributed by atoms with Gasteiger partial charge < -0.3 is 5.11 Å². The van der Waals surface area contributed by atoms with Crippen molar-refractivity contribution < 1.29 is 18.3 Å². The molecule has 8 heteroatoms. The summed E-state index contributed by atoms with van der Waals surface area (Å²) in [6, 6.07) is 4.37. The summed E-state index contributed by atoms with van der Waals surface area (Å²) in [7, 11) is -3.60. The van der Waals surface area contributed by atoms with Crippen LogP contribution in [0.3, 0.4) is 0 Å². The molecule has 0 saturated carbocycles. The summed E-state index contributed by atoms with van der Waals surface area (Å²) in [5.41, 5.74) is 0.231. The van der Waals surface area contributed by atoms with Gasteiger partial charge in [-0.3, -0.25) is 9.10 Å². The number of hydrogen-bond donors (Lipinski definition) is 1. The zero-order valence-electron chi connectivity index (χ0n) is 10.1. The van der Waals surface area contributed by atoms with E-state index in [0.29, 0.717) is 5.02 Å². The van der Waals surface area contributed by atoms with Crippen molar-refractivity contribution in [2.24, 2.45) is 0 Å². The largest absolute Gasteiger partial charge is 0.481 e. The van der Waals surface area contributed by atoms with Crippen molar-refractivity contribution in [1.82, 2.24) is 0 Å². The minimum Gasteiger partial charge on any atom is -0.481 e. The summed E-state index contributed by atoms with van der Waals surface area (Å²) in [5, 5.41) is 9.22. The molecule has 0 fully saturated rings. The minimum absolute atomic E-state index is 0.147. The predicted octanol–water partition coefficient (Wildman–Crippen LogP) is 2.62. The Bertz CT molecular complexity index is 574. The molecule has 5 nitrogen and oxygen atoms in total. The van der Waals surface area contributed by atoms with E-state index in [1.54, 1.807) is 0 Å². The van der Waals surface area contributed by atoms with Crippen molar-refractivity contribution in [1.29, 1.82) is 0 Å². The fraction of sp³-hybridized carbons (Fsp3) is 0.364. The van der Waals surface area contributed by atoms with Gasteiger partial charge in [-0.05, 0) is 25.1 Å². The summed E-state index contributed by atoms with van der Waals surface area (Å²) in [6.45, 7) is 1.31. The lowest BCUT2D eigenvalue weighted by molar-refractivity contribution is -0.136. The maximum absolute atomic E-state index is 12.0. The Labute approximate surface area is 121 Å². The Balaban J connectivity index is 3.19. The smallest absolute Gasteiger partial charge is 0.305 e. The maximum Gasteiger partial charge on any atom is 0.305 e. The molecule has 1 aromatic rings. The van der Waals surface area contributed by atoms with E-state index in [2.05, 4.69) is 0 Å². The monoisotopic (exact) mass is 325 g/mol. The van der Waals surface area contributed by atoms with Crippen LogP contribution < -0.4 is 4.31 Å². The Kier molecular flexibility index (Phi) is 5.46. The van der Waals surface area contributed by atoms with Crippen LogP contribution in [0.5, 0.6) is 0 Å². The number of carbonyl (C=O) groups is 1. The van der Waals surface area contributed by atoms with Crippen LogP contribution in [0.25, 0.3) is 0 Å². The molecule has 0 heterocycles. The molecule has 0 amide bonds. The van der Waals surface area contributed by atoms with Crippen LogP contribution in [-0.2, 0) is 14.8 Å². The van der Waals surface area contributed by atoms with Gasteiger partial charge in [-0.25, -0.2) is 8.42 Å². The van der Waals surface area contributed by atoms with E-state index in [1.807, 2.05) is 0 Å². The third-order valence-electron chi connectivity index (χ3n) is 2.41. The Morgan fingerprint density at radius 2 is 2.00 bits per heavy atom. The lowest BCUT2D eigenvalue weighted by Crippen LogP contribution is -2.34. The Hall–Kier alpha value is -0.980. The molecule has 0 radical (unpaired) electrons. The van der Waals surface area contributed by atoms with Crippen molar-refractivity contribution in [3.8, 4) is 0 Å². The number of aliphatic carboxylic acids is 1. The highest BCUT2D eigenvalue weighted by atomic mass is 35.5. The molecule has 1 rings (SSSR count). The molecule has 0 aromatic heterocycles. The molecular weight excluding hydrogens is 313 g/mol. The van der Waals surface area contributed by atoms with Gasteiger partial charge in [0.1, 0.15) is 0 Å². The molecule has 0 atom stereocenters. The lowest BCUT2D eigenvalue weighted by Gasteiger charge is -2.24. The van der Waals surface area contributed by atoms with Crippen LogP contribution in [0.1, 0.15) is 13.3 Å². The second-order valence-electron chi connectivity index (χ2n) is 3.71. The van der Waals surface area contributed by atoms with Crippen molar-refractivity contribution in [3.05, 3.63) is 28.2 Å². The van der Waals surface area contributed by atoms with Gasteiger partial charge in [0.2, 0.25) is 10.0 Å². The first kappa shape index (κ1) is 16.1. The summed E-state index contributed by atoms with van der Waals surface area (Å²) in [5.74, 6) is -1.23. The fourth-order valence-corrected chi connectivity index (χ4v) is 3.15. The molecule has 1 N–H and O–H groups in total. The van der Waals surface area contributed by atoms with Crippen molar-refractivity contribution in [2.75, 3.05) is 16.6 Å². The number of carboxylic acid groups (broad SMARTS) is 1. The van der Waals surface area contributed by atoms with Crippen LogP contribution >= 0.6 is 23.2 Å². The number of halogens is 2. The second-order valence-corrected chi connectivity index (χ2v) is 6.74. The first-order valence-corrected chi connectivity index (χ1v) is 7.81. The van der Waals surface area contributed by atoms with Gasteiger partial charge >= 0.3 is 5.97 Å². The minimum atomic E-state index is -3.60. The van der Waals surface area contributed by atoms with Gasteiger partial charge in [-0.15, -0.1) is 0 Å². The number of rotatable bonds is 6. The fourth-order valence-electron chi connectivity index (χ4n) is 1.45. The van der Waals surface area contributed by atoms with Crippen LogP contribution in [0, 0.1) is 0 Å². The molecule has 1 aromatic carbocycles. The number of sulfonamides is 1. The number of anilines is 1. The number of carboxylic acids is 1. The average molecular weight is 326 g/mol. The number of benzene rings is 1. The average Bonchev–Trinajstić information content (AvgIpc) is 2.31. The number of nitrogens with zero attached hydrogens (tertiary/aromatic N) is 1. The van der Waals surface area contributed by atoms with Crippen LogP contribution in [0.4, 0.5) is 5.69 Å². The van der Waals surface area contributed by atoms with Gasteiger partial charge in [0.05, 0.1) is 22.9 Å². The Morgan fingerprint density at radius 3 is 2.47 bits per heavy atom. The van der Waals surface area contributed by atoms with E-state index in [1.165, 1.54) is 25.1 Å². The normalized spacial score (nSPS) is 11.3. The molecule has 0 bridgehead atoms. The summed E-state index contributed by atoms with van der Waals surface area (Å²) >= 11 is 11.7. The topological polar surface area (TPSA) is 74.7 Å². The third-order valence-corrected chi connectivity index (χ3v) is 4.73. The standard InChI is InChI=1S/C11H13Cl2NO4S/c1-2-19(17,18)14(6-5-11(15)16)10-4-3-8(12)7-9(10)13/h3-4,7H,2,5-6H2,1H3,(H,15,16). The molecule has 0 aliphatic carbocycles. The highest BCUT2D eigenvalue weighted by Crippen LogP contribution is 2.30. The molecular formula is C11H13Cl2NO4S. The zero-order valence-corrected chi connectivity index (χ0v) is 12.5. The van der Waals surface area contributed by atoms with Gasteiger partial charge in [0.15, 0.2) is 0 Å². The quantitative estimate of drug-likeness (QED) is 0.872. The van der Waals surface area contributed by atoms with Gasteiger partial charge in [-0.2, -0.15) is 0 Å². The first-order chi connectivity index (χ1) is 8.77. The van der Waals surface area contributed by atoms with Crippen molar-refractivity contribution in [2.45, 2.75) is 13.3 Å². The third kappa shape index (κ3) is 4.26. The van der Waals surface area contributed by atoms with E-state index in [9.17, 15) is 13.2 Å². The van der Waals surface area contributed by atoms with Crippen molar-refractivity contribution in [3.63, 3.8) is 0 Å². The van der Waals surface area contributed by atoms with E-state index in [-0.39, 0.29) is 29.4 Å². The van der Waals surface area contributed by atoms with Crippen molar-refractivity contribution >= 4 is 44.9 Å². The van der Waals surface area contributed by atoms with Gasteiger partial charge in [0.25, 0.3) is 0 Å². The van der Waals surface area contributed by atoms with E-state index >= 15 is 0 Å². The highest BCUT2D eigenvalue weighted by molar-refractivity contribution is 7.92. The van der Waals surface area contributed by atoms with Gasteiger partial charge in [-0.1, -0.05) is 23.2 Å². The Morgan fingerprint density at radius 1 is 1.37 bits per heavy atom. The van der Waals surface area contributed by atoms with E-state index in [4.69, 9.17) is 28.3 Å². The summed E-state index contributed by atoms with van der Waals surface area (Å²) in [6.07, 6.45) is -0.307. The molecule has 106 valence electrons. The van der Waals surface area contributed by atoms with E-state index in [0.717, 1.165) is 4.31 Å². The summed E-state index contributed by atoms with van der Waals surface area (Å²) in [4.78, 5) is 10.6. The molecule has 19 heavy (non-hydrogen) atoms. The predicted molar refractivity (Wildman–Crippen MR) is 75.5 cm³/mol. The van der Waals surface area contributed by atoms with Gasteiger partial charge in [0, 0.05) is 11.6 Å². The van der Waals surface area contributed by atoms with E-state index < -0.39 is 16.0 Å². The first-order valence-electron chi connectivity index (χ1n) is 5.45. The molecule has 0 unspecified atom stereocenters. The second kappa shape index (κ2) is 6.45. The van der Waals surface area contributed by atoms with Crippen LogP contribution in [0.15, 0.2) is 18.2 Å². The molecule has 0 spiro atoms. The lowest BCUT2D eigenvalue weighted by atomic mass is 10.3. The maximum atomic E-state index is 12.0.